The Morgan fingerprint density at radius 3 is 3.00 bits per heavy atom. The lowest BCUT2D eigenvalue weighted by Gasteiger charge is -2.48. The predicted molar refractivity (Wildman–Crippen MR) is 93.1 cm³/mol. The molecule has 1 unspecified atom stereocenters. The van der Waals surface area contributed by atoms with Gasteiger partial charge in [0.15, 0.2) is 0 Å². The molecule has 0 aliphatic carbocycles. The van der Waals surface area contributed by atoms with E-state index in [4.69, 9.17) is 14.4 Å². The van der Waals surface area contributed by atoms with Gasteiger partial charge in [0, 0.05) is 26.2 Å². The molecule has 4 rings (SSSR count). The summed E-state index contributed by atoms with van der Waals surface area (Å²) in [7, 11) is 0. The molecule has 2 saturated heterocycles. The quantitative estimate of drug-likeness (QED) is 0.856. The smallest absolute Gasteiger partial charge is 0.142 e. The molecule has 0 amide bonds. The molecule has 1 atom stereocenters. The lowest BCUT2D eigenvalue weighted by Crippen LogP contribution is -2.59. The van der Waals surface area contributed by atoms with Gasteiger partial charge in [-0.25, -0.2) is 4.98 Å². The van der Waals surface area contributed by atoms with Gasteiger partial charge in [0.25, 0.3) is 0 Å². The molecule has 0 bridgehead atoms. The first-order valence-corrected chi connectivity index (χ1v) is 8.77. The normalized spacial score (nSPS) is 24.4. The first-order chi connectivity index (χ1) is 12.3. The van der Waals surface area contributed by atoms with Crippen molar-refractivity contribution in [2.45, 2.75) is 25.0 Å². The van der Waals surface area contributed by atoms with E-state index in [1.54, 1.807) is 12.3 Å². The van der Waals surface area contributed by atoms with Crippen LogP contribution in [0.2, 0.25) is 0 Å². The van der Waals surface area contributed by atoms with Gasteiger partial charge in [0.1, 0.15) is 23.3 Å². The van der Waals surface area contributed by atoms with E-state index in [2.05, 4.69) is 20.9 Å². The molecule has 25 heavy (non-hydrogen) atoms. The maximum Gasteiger partial charge on any atom is 0.142 e. The van der Waals surface area contributed by atoms with Gasteiger partial charge in [-0.2, -0.15) is 5.26 Å². The van der Waals surface area contributed by atoms with Gasteiger partial charge in [-0.15, -0.1) is 0 Å². The number of nitriles is 1. The summed E-state index contributed by atoms with van der Waals surface area (Å²) >= 11 is 0. The Balaban J connectivity index is 1.48. The third-order valence-electron chi connectivity index (χ3n) is 5.00. The highest BCUT2D eigenvalue weighted by atomic mass is 16.5. The number of furan rings is 1. The van der Waals surface area contributed by atoms with Gasteiger partial charge in [-0.05, 0) is 37.1 Å². The minimum absolute atomic E-state index is 0.173. The summed E-state index contributed by atoms with van der Waals surface area (Å²) in [6.07, 6.45) is 3.84. The Morgan fingerprint density at radius 2 is 2.16 bits per heavy atom. The van der Waals surface area contributed by atoms with E-state index in [1.165, 1.54) is 0 Å². The number of hydrogen-bond acceptors (Lipinski definition) is 6. The van der Waals surface area contributed by atoms with Crippen molar-refractivity contribution in [3.05, 3.63) is 48.0 Å². The van der Waals surface area contributed by atoms with Crippen molar-refractivity contribution in [2.75, 3.05) is 37.7 Å². The van der Waals surface area contributed by atoms with E-state index in [0.717, 1.165) is 63.8 Å². The molecule has 6 heteroatoms. The number of hydrogen-bond donors (Lipinski definition) is 0. The summed E-state index contributed by atoms with van der Waals surface area (Å²) in [6.45, 7) is 5.13. The molecule has 6 nitrogen and oxygen atoms in total. The van der Waals surface area contributed by atoms with Crippen molar-refractivity contribution in [1.82, 2.24) is 9.88 Å². The Bertz CT molecular complexity index is 751. The van der Waals surface area contributed by atoms with Crippen molar-refractivity contribution >= 4 is 5.82 Å². The van der Waals surface area contributed by atoms with Crippen LogP contribution in [0, 0.1) is 11.3 Å². The first-order valence-electron chi connectivity index (χ1n) is 8.77. The zero-order valence-corrected chi connectivity index (χ0v) is 14.2. The molecule has 130 valence electrons. The van der Waals surface area contributed by atoms with E-state index < -0.39 is 0 Å². The van der Waals surface area contributed by atoms with Crippen molar-refractivity contribution in [3.63, 3.8) is 0 Å². The van der Waals surface area contributed by atoms with E-state index >= 15 is 0 Å². The maximum atomic E-state index is 9.09. The van der Waals surface area contributed by atoms with Crippen molar-refractivity contribution in [2.24, 2.45) is 0 Å². The first kappa shape index (κ1) is 16.1. The number of piperidine rings is 1. The minimum Gasteiger partial charge on any atom is -0.468 e. The summed E-state index contributed by atoms with van der Waals surface area (Å²) in [5.41, 5.74) is 0.286. The largest absolute Gasteiger partial charge is 0.468 e. The maximum absolute atomic E-state index is 9.09. The summed E-state index contributed by atoms with van der Waals surface area (Å²) in [4.78, 5) is 9.11. The predicted octanol–water partition coefficient (Wildman–Crippen LogP) is 2.42. The van der Waals surface area contributed by atoms with E-state index in [9.17, 15) is 0 Å². The summed E-state index contributed by atoms with van der Waals surface area (Å²) in [6, 6.07) is 11.7. The Hall–Kier alpha value is -2.36. The highest BCUT2D eigenvalue weighted by molar-refractivity contribution is 5.42. The van der Waals surface area contributed by atoms with Crippen LogP contribution in [0.15, 0.2) is 41.0 Å². The van der Waals surface area contributed by atoms with Crippen LogP contribution in [-0.4, -0.2) is 48.3 Å². The second-order valence-corrected chi connectivity index (χ2v) is 6.84. The van der Waals surface area contributed by atoms with Gasteiger partial charge < -0.3 is 14.1 Å². The van der Waals surface area contributed by atoms with Gasteiger partial charge in [-0.3, -0.25) is 4.90 Å². The van der Waals surface area contributed by atoms with Gasteiger partial charge in [0.2, 0.25) is 0 Å². The summed E-state index contributed by atoms with van der Waals surface area (Å²) < 4.78 is 11.8. The number of ether oxygens (including phenoxy) is 1. The molecule has 0 aromatic carbocycles. The Kier molecular flexibility index (Phi) is 4.43. The third kappa shape index (κ3) is 3.53. The van der Waals surface area contributed by atoms with Crippen molar-refractivity contribution in [3.8, 4) is 6.07 Å². The monoisotopic (exact) mass is 338 g/mol. The number of rotatable bonds is 3. The fourth-order valence-corrected chi connectivity index (χ4v) is 3.88. The zero-order valence-electron chi connectivity index (χ0n) is 14.2. The molecular weight excluding hydrogens is 316 g/mol. The fourth-order valence-electron chi connectivity index (χ4n) is 3.88. The van der Waals surface area contributed by atoms with E-state index in [-0.39, 0.29) is 5.60 Å². The minimum atomic E-state index is -0.173. The standard InChI is InChI=1S/C19H22N4O2/c20-12-16-4-1-6-18(21-16)23-8-3-7-19(15-23)14-22(9-11-25-19)13-17-5-2-10-24-17/h1-2,4-6,10H,3,7-9,11,13-15H2. The average Bonchev–Trinajstić information content (AvgIpc) is 3.15. The molecule has 2 aromatic heterocycles. The lowest BCUT2D eigenvalue weighted by molar-refractivity contribution is -0.117. The summed E-state index contributed by atoms with van der Waals surface area (Å²) in [5, 5.41) is 9.09. The molecule has 4 heterocycles. The Morgan fingerprint density at radius 1 is 1.20 bits per heavy atom. The average molecular weight is 338 g/mol. The van der Waals surface area contributed by atoms with Crippen LogP contribution in [0.25, 0.3) is 0 Å². The molecule has 2 aromatic rings. The van der Waals surface area contributed by atoms with E-state index in [0.29, 0.717) is 5.69 Å². The molecule has 2 aliphatic heterocycles. The highest BCUT2D eigenvalue weighted by Crippen LogP contribution is 2.31. The fraction of sp³-hybridized carbons (Fsp3) is 0.474. The number of anilines is 1. The van der Waals surface area contributed by atoms with Gasteiger partial charge in [0.05, 0.1) is 25.0 Å². The van der Waals surface area contributed by atoms with Crippen LogP contribution in [0.4, 0.5) is 5.82 Å². The van der Waals surface area contributed by atoms with Crippen LogP contribution in [-0.2, 0) is 11.3 Å². The van der Waals surface area contributed by atoms with Crippen LogP contribution >= 0.6 is 0 Å². The molecular formula is C19H22N4O2. The number of morpholine rings is 1. The molecule has 0 radical (unpaired) electrons. The molecule has 0 N–H and O–H groups in total. The molecule has 0 saturated carbocycles. The van der Waals surface area contributed by atoms with Crippen LogP contribution < -0.4 is 4.90 Å². The van der Waals surface area contributed by atoms with Crippen molar-refractivity contribution < 1.29 is 9.15 Å². The van der Waals surface area contributed by atoms with Gasteiger partial charge >= 0.3 is 0 Å². The number of nitrogens with zero attached hydrogens (tertiary/aromatic N) is 4. The Labute approximate surface area is 147 Å². The molecule has 2 aliphatic rings. The second-order valence-electron chi connectivity index (χ2n) is 6.84. The van der Waals surface area contributed by atoms with Gasteiger partial charge in [-0.1, -0.05) is 6.07 Å². The second kappa shape index (κ2) is 6.87. The number of pyridine rings is 1. The third-order valence-corrected chi connectivity index (χ3v) is 5.00. The molecule has 2 fully saturated rings. The topological polar surface area (TPSA) is 65.5 Å². The molecule has 1 spiro atoms. The van der Waals surface area contributed by atoms with Crippen LogP contribution in [0.5, 0.6) is 0 Å². The SMILES string of the molecule is N#Cc1cccc(N2CCCC3(CN(Cc4ccco4)CCO3)C2)n1. The van der Waals surface area contributed by atoms with Crippen LogP contribution in [0.3, 0.4) is 0 Å². The summed E-state index contributed by atoms with van der Waals surface area (Å²) in [5.74, 6) is 1.86. The van der Waals surface area contributed by atoms with Crippen LogP contribution in [0.1, 0.15) is 24.3 Å². The zero-order chi connectivity index (χ0) is 17.1. The number of aromatic nitrogens is 1. The highest BCUT2D eigenvalue weighted by Gasteiger charge is 2.41. The lowest BCUT2D eigenvalue weighted by atomic mass is 9.90. The van der Waals surface area contributed by atoms with Crippen molar-refractivity contribution in [1.29, 1.82) is 5.26 Å². The van der Waals surface area contributed by atoms with E-state index in [1.807, 2.05) is 24.3 Å².